The van der Waals surface area contributed by atoms with Gasteiger partial charge in [-0.15, -0.1) is 0 Å². The fourth-order valence-electron chi connectivity index (χ4n) is 2.14. The van der Waals surface area contributed by atoms with Gasteiger partial charge in [-0.05, 0) is 0 Å². The molecule has 0 aromatic rings. The molecule has 0 spiro atoms. The molecule has 10 nitrogen and oxygen atoms in total. The Bertz CT molecular complexity index is 403. The largest absolute Gasteiger partial charge is 0.477 e. The third-order valence-electron chi connectivity index (χ3n) is 3.21. The van der Waals surface area contributed by atoms with E-state index in [1.807, 2.05) is 0 Å². The number of aliphatic carboxylic acids is 1. The van der Waals surface area contributed by atoms with Crippen molar-refractivity contribution in [1.29, 1.82) is 0 Å². The molecule has 21 heavy (non-hydrogen) atoms. The number of ether oxygens (including phenoxy) is 1. The van der Waals surface area contributed by atoms with Crippen LogP contribution in [0.4, 0.5) is 0 Å². The number of carboxylic acids is 1. The Kier molecular flexibility index (Phi) is 5.61. The van der Waals surface area contributed by atoms with E-state index < -0.39 is 61.1 Å². The minimum absolute atomic E-state index is 0.598. The molecule has 0 aliphatic carbocycles. The minimum atomic E-state index is -2.78. The highest BCUT2D eigenvalue weighted by Crippen LogP contribution is 2.30. The topological polar surface area (TPSA) is 177 Å². The number of carboxylic acid groups (broad SMARTS) is 1. The van der Waals surface area contributed by atoms with Crippen LogP contribution in [0.1, 0.15) is 13.3 Å². The van der Waals surface area contributed by atoms with E-state index >= 15 is 0 Å². The van der Waals surface area contributed by atoms with Crippen molar-refractivity contribution in [3.63, 3.8) is 0 Å². The lowest BCUT2D eigenvalue weighted by Crippen LogP contribution is -2.67. The molecule has 0 radical (unpaired) electrons. The Morgan fingerprint density at radius 3 is 2.43 bits per heavy atom. The van der Waals surface area contributed by atoms with Crippen molar-refractivity contribution < 1.29 is 45.0 Å². The predicted octanol–water partition coefficient (Wildman–Crippen LogP) is -3.87. The van der Waals surface area contributed by atoms with Crippen molar-refractivity contribution in [3.8, 4) is 0 Å². The fraction of sp³-hybridized carbons (Fsp3) is 0.818. The molecule has 1 rings (SSSR count). The molecular weight excluding hydrogens is 290 g/mol. The van der Waals surface area contributed by atoms with Crippen molar-refractivity contribution in [2.75, 3.05) is 6.61 Å². The second-order valence-electron chi connectivity index (χ2n) is 4.91. The lowest BCUT2D eigenvalue weighted by molar-refractivity contribution is -0.295. The van der Waals surface area contributed by atoms with Crippen molar-refractivity contribution in [1.82, 2.24) is 5.32 Å². The molecule has 0 bridgehead atoms. The summed E-state index contributed by atoms with van der Waals surface area (Å²) in [5, 5.41) is 59.0. The molecule has 0 aromatic heterocycles. The van der Waals surface area contributed by atoms with E-state index in [1.54, 1.807) is 0 Å². The number of carbonyl (C=O) groups excluding carboxylic acids is 1. The Balaban J connectivity index is 3.07. The predicted molar refractivity (Wildman–Crippen MR) is 64.8 cm³/mol. The van der Waals surface area contributed by atoms with Crippen molar-refractivity contribution in [3.05, 3.63) is 0 Å². The molecule has 0 unspecified atom stereocenters. The molecule has 1 fully saturated rings. The first-order valence-corrected chi connectivity index (χ1v) is 6.18. The van der Waals surface area contributed by atoms with Crippen LogP contribution in [0.25, 0.3) is 0 Å². The Morgan fingerprint density at radius 2 is 2.00 bits per heavy atom. The molecule has 1 aliphatic rings. The van der Waals surface area contributed by atoms with E-state index in [2.05, 4.69) is 5.32 Å². The number of hydrogen-bond acceptors (Lipinski definition) is 8. The molecule has 6 atom stereocenters. The SMILES string of the molecule is CC(=O)N[C@H]1[C@H]([C@H](O)[C@H](O)CO)O[C@](O)(C(=O)O)C[C@H]1O. The lowest BCUT2D eigenvalue weighted by Gasteiger charge is -2.44. The molecule has 1 saturated heterocycles. The van der Waals surface area contributed by atoms with Gasteiger partial charge in [-0.25, -0.2) is 4.79 Å². The fourth-order valence-corrected chi connectivity index (χ4v) is 2.14. The van der Waals surface area contributed by atoms with Crippen LogP contribution in [0.2, 0.25) is 0 Å². The standard InChI is InChI=1S/C11H19NO9/c1-4(14)12-7-5(15)2-11(20,10(18)19)21-9(7)8(17)6(16)3-13/h5-9,13,15-17,20H,2-3H2,1H3,(H,12,14)(H,18,19)/t5-,6-,7-,8-,9-,11+/m1/s1. The van der Waals surface area contributed by atoms with Crippen LogP contribution in [0.3, 0.4) is 0 Å². The molecule has 1 heterocycles. The van der Waals surface area contributed by atoms with Crippen LogP contribution in [0.15, 0.2) is 0 Å². The van der Waals surface area contributed by atoms with Gasteiger partial charge in [-0.3, -0.25) is 4.79 Å². The van der Waals surface area contributed by atoms with E-state index in [0.717, 1.165) is 6.92 Å². The summed E-state index contributed by atoms with van der Waals surface area (Å²) in [5.41, 5.74) is 0. The Labute approximate surface area is 119 Å². The molecule has 7 N–H and O–H groups in total. The maximum absolute atomic E-state index is 11.1. The monoisotopic (exact) mass is 309 g/mol. The van der Waals surface area contributed by atoms with Crippen LogP contribution in [-0.2, 0) is 14.3 Å². The van der Waals surface area contributed by atoms with Crippen molar-refractivity contribution >= 4 is 11.9 Å². The van der Waals surface area contributed by atoms with E-state index in [9.17, 15) is 30.0 Å². The number of carbonyl (C=O) groups is 2. The molecule has 1 amide bonds. The van der Waals surface area contributed by atoms with Gasteiger partial charge in [0.25, 0.3) is 5.79 Å². The average Bonchev–Trinajstić information content (AvgIpc) is 2.39. The second-order valence-corrected chi connectivity index (χ2v) is 4.91. The van der Waals surface area contributed by atoms with Crippen LogP contribution in [-0.4, -0.2) is 85.4 Å². The first kappa shape index (κ1) is 17.8. The number of rotatable bonds is 5. The molecular formula is C11H19NO9. The van der Waals surface area contributed by atoms with Gasteiger partial charge in [0.05, 0.1) is 18.8 Å². The highest BCUT2D eigenvalue weighted by molar-refractivity contribution is 5.76. The molecule has 0 aromatic carbocycles. The zero-order chi connectivity index (χ0) is 16.4. The summed E-state index contributed by atoms with van der Waals surface area (Å²) in [4.78, 5) is 22.1. The van der Waals surface area contributed by atoms with E-state index in [1.165, 1.54) is 0 Å². The lowest BCUT2D eigenvalue weighted by atomic mass is 9.88. The van der Waals surface area contributed by atoms with Gasteiger partial charge < -0.3 is 40.7 Å². The van der Waals surface area contributed by atoms with Crippen LogP contribution < -0.4 is 5.32 Å². The maximum Gasteiger partial charge on any atom is 0.364 e. The van der Waals surface area contributed by atoms with E-state index in [-0.39, 0.29) is 0 Å². The number of amides is 1. The molecule has 122 valence electrons. The average molecular weight is 309 g/mol. The highest BCUT2D eigenvalue weighted by atomic mass is 16.7. The third-order valence-corrected chi connectivity index (χ3v) is 3.21. The highest BCUT2D eigenvalue weighted by Gasteiger charge is 2.53. The number of aliphatic hydroxyl groups is 5. The second kappa shape index (κ2) is 6.64. The summed E-state index contributed by atoms with van der Waals surface area (Å²) < 4.78 is 4.86. The Morgan fingerprint density at radius 1 is 1.43 bits per heavy atom. The normalized spacial score (nSPS) is 35.8. The summed E-state index contributed by atoms with van der Waals surface area (Å²) in [5.74, 6) is -5.17. The molecule has 10 heteroatoms. The smallest absolute Gasteiger partial charge is 0.364 e. The van der Waals surface area contributed by atoms with Crippen molar-refractivity contribution in [2.24, 2.45) is 0 Å². The first-order valence-electron chi connectivity index (χ1n) is 6.18. The summed E-state index contributed by atoms with van der Waals surface area (Å²) in [6.45, 7) is 0.256. The number of aliphatic hydroxyl groups excluding tert-OH is 4. The van der Waals surface area contributed by atoms with Gasteiger partial charge in [0.15, 0.2) is 0 Å². The van der Waals surface area contributed by atoms with E-state index in [4.69, 9.17) is 14.9 Å². The van der Waals surface area contributed by atoms with E-state index in [0.29, 0.717) is 0 Å². The van der Waals surface area contributed by atoms with Gasteiger partial charge in [-0.1, -0.05) is 0 Å². The summed E-state index contributed by atoms with van der Waals surface area (Å²) in [6, 6.07) is -1.27. The Hall–Kier alpha value is -1.30. The molecule has 1 aliphatic heterocycles. The van der Waals surface area contributed by atoms with Crippen molar-refractivity contribution in [2.45, 2.75) is 49.6 Å². The first-order chi connectivity index (χ1) is 9.62. The number of nitrogens with one attached hydrogen (secondary N) is 1. The summed E-state index contributed by atoms with van der Waals surface area (Å²) in [7, 11) is 0. The van der Waals surface area contributed by atoms with Gasteiger partial charge >= 0.3 is 5.97 Å². The zero-order valence-electron chi connectivity index (χ0n) is 11.2. The summed E-state index contributed by atoms with van der Waals surface area (Å²) >= 11 is 0. The van der Waals surface area contributed by atoms with Gasteiger partial charge in [0.1, 0.15) is 18.3 Å². The van der Waals surface area contributed by atoms with Crippen LogP contribution in [0.5, 0.6) is 0 Å². The molecule has 0 saturated carbocycles. The van der Waals surface area contributed by atoms with Gasteiger partial charge in [0, 0.05) is 13.3 Å². The quantitative estimate of drug-likeness (QED) is 0.268. The number of hydrogen-bond donors (Lipinski definition) is 7. The third kappa shape index (κ3) is 3.87. The summed E-state index contributed by atoms with van der Waals surface area (Å²) in [6.07, 6.45) is -7.48. The van der Waals surface area contributed by atoms with Crippen LogP contribution >= 0.6 is 0 Å². The van der Waals surface area contributed by atoms with Crippen LogP contribution in [0, 0.1) is 0 Å². The minimum Gasteiger partial charge on any atom is -0.477 e. The van der Waals surface area contributed by atoms with Gasteiger partial charge in [-0.2, -0.15) is 0 Å². The maximum atomic E-state index is 11.1. The van der Waals surface area contributed by atoms with Gasteiger partial charge in [0.2, 0.25) is 5.91 Å². The zero-order valence-corrected chi connectivity index (χ0v) is 11.2.